The summed E-state index contributed by atoms with van der Waals surface area (Å²) in [6, 6.07) is 2.82. The number of imide groups is 1. The SMILES string of the molecule is CC(C)(C)NC(=O)C(=O)NC(=O)c1c(F)cccc1F. The first kappa shape index (κ1) is 15.7. The molecule has 0 atom stereocenters. The van der Waals surface area contributed by atoms with Crippen molar-refractivity contribution in [2.45, 2.75) is 26.3 Å². The van der Waals surface area contributed by atoms with E-state index in [9.17, 15) is 23.2 Å². The number of benzene rings is 1. The van der Waals surface area contributed by atoms with Crippen LogP contribution >= 0.6 is 0 Å². The second kappa shape index (κ2) is 5.77. The highest BCUT2D eigenvalue weighted by molar-refractivity contribution is 6.38. The molecule has 0 aliphatic heterocycles. The van der Waals surface area contributed by atoms with Crippen molar-refractivity contribution in [3.8, 4) is 0 Å². The van der Waals surface area contributed by atoms with E-state index in [0.717, 1.165) is 18.2 Å². The van der Waals surface area contributed by atoms with Crippen LogP contribution in [0.4, 0.5) is 8.78 Å². The summed E-state index contributed by atoms with van der Waals surface area (Å²) in [6.07, 6.45) is 0. The Morgan fingerprint density at radius 1 is 1.00 bits per heavy atom. The van der Waals surface area contributed by atoms with Gasteiger partial charge in [0, 0.05) is 5.54 Å². The summed E-state index contributed by atoms with van der Waals surface area (Å²) >= 11 is 0. The zero-order chi connectivity index (χ0) is 15.5. The molecule has 0 aliphatic rings. The molecule has 5 nitrogen and oxygen atoms in total. The van der Waals surface area contributed by atoms with E-state index in [1.165, 1.54) is 0 Å². The fourth-order valence-electron chi connectivity index (χ4n) is 1.33. The Labute approximate surface area is 114 Å². The average molecular weight is 284 g/mol. The van der Waals surface area contributed by atoms with Gasteiger partial charge in [-0.1, -0.05) is 6.07 Å². The average Bonchev–Trinajstić information content (AvgIpc) is 2.26. The predicted molar refractivity (Wildman–Crippen MR) is 66.7 cm³/mol. The lowest BCUT2D eigenvalue weighted by Gasteiger charge is -2.19. The third kappa shape index (κ3) is 4.11. The molecule has 0 saturated heterocycles. The van der Waals surface area contributed by atoms with Crippen LogP contribution in [0.2, 0.25) is 0 Å². The van der Waals surface area contributed by atoms with Crippen molar-refractivity contribution in [2.24, 2.45) is 0 Å². The molecule has 0 spiro atoms. The third-order valence-corrected chi connectivity index (χ3v) is 2.11. The minimum absolute atomic E-state index is 0.680. The zero-order valence-corrected chi connectivity index (χ0v) is 11.2. The Morgan fingerprint density at radius 3 is 1.95 bits per heavy atom. The standard InChI is InChI=1S/C13H14F2N2O3/c1-13(2,3)17-12(20)11(19)16-10(18)9-7(14)5-4-6-8(9)15/h4-6H,1-3H3,(H,17,20)(H,16,18,19). The van der Waals surface area contributed by atoms with E-state index < -0.39 is 40.5 Å². The highest BCUT2D eigenvalue weighted by Gasteiger charge is 2.25. The van der Waals surface area contributed by atoms with E-state index in [1.807, 2.05) is 0 Å². The minimum Gasteiger partial charge on any atom is -0.343 e. The highest BCUT2D eigenvalue weighted by atomic mass is 19.1. The van der Waals surface area contributed by atoms with Gasteiger partial charge in [-0.05, 0) is 32.9 Å². The molecule has 1 rings (SSSR count). The first-order chi connectivity index (χ1) is 9.11. The molecule has 0 aliphatic carbocycles. The number of hydrogen-bond donors (Lipinski definition) is 2. The molecular formula is C13H14F2N2O3. The van der Waals surface area contributed by atoms with Gasteiger partial charge in [0.15, 0.2) is 0 Å². The number of nitrogens with one attached hydrogen (secondary N) is 2. The Hall–Kier alpha value is -2.31. The minimum atomic E-state index is -1.31. The number of rotatable bonds is 1. The number of amides is 3. The van der Waals surface area contributed by atoms with Crippen LogP contribution in [-0.4, -0.2) is 23.3 Å². The van der Waals surface area contributed by atoms with Gasteiger partial charge in [0.1, 0.15) is 17.2 Å². The second-order valence-electron chi connectivity index (χ2n) is 5.08. The zero-order valence-electron chi connectivity index (χ0n) is 11.2. The van der Waals surface area contributed by atoms with Gasteiger partial charge in [0.2, 0.25) is 0 Å². The molecule has 7 heteroatoms. The van der Waals surface area contributed by atoms with Crippen molar-refractivity contribution >= 4 is 17.7 Å². The van der Waals surface area contributed by atoms with Gasteiger partial charge in [-0.25, -0.2) is 8.78 Å². The van der Waals surface area contributed by atoms with E-state index in [2.05, 4.69) is 5.32 Å². The van der Waals surface area contributed by atoms with Crippen molar-refractivity contribution in [3.05, 3.63) is 35.4 Å². The van der Waals surface area contributed by atoms with Crippen molar-refractivity contribution < 1.29 is 23.2 Å². The fourth-order valence-corrected chi connectivity index (χ4v) is 1.33. The van der Waals surface area contributed by atoms with Crippen LogP contribution in [0.3, 0.4) is 0 Å². The Balaban J connectivity index is 2.81. The van der Waals surface area contributed by atoms with Gasteiger partial charge in [-0.2, -0.15) is 0 Å². The number of halogens is 2. The maximum Gasteiger partial charge on any atom is 0.316 e. The van der Waals surface area contributed by atoms with Gasteiger partial charge in [0.25, 0.3) is 5.91 Å². The van der Waals surface area contributed by atoms with Gasteiger partial charge in [0.05, 0.1) is 0 Å². The van der Waals surface area contributed by atoms with E-state index in [0.29, 0.717) is 0 Å². The highest BCUT2D eigenvalue weighted by Crippen LogP contribution is 2.11. The van der Waals surface area contributed by atoms with Crippen LogP contribution in [0.15, 0.2) is 18.2 Å². The topological polar surface area (TPSA) is 75.3 Å². The van der Waals surface area contributed by atoms with Crippen LogP contribution in [0.5, 0.6) is 0 Å². The van der Waals surface area contributed by atoms with Crippen LogP contribution in [0, 0.1) is 11.6 Å². The number of hydrogen-bond acceptors (Lipinski definition) is 3. The lowest BCUT2D eigenvalue weighted by molar-refractivity contribution is -0.139. The molecule has 1 aromatic rings. The van der Waals surface area contributed by atoms with Crippen LogP contribution in [-0.2, 0) is 9.59 Å². The maximum atomic E-state index is 13.3. The quantitative estimate of drug-likeness (QED) is 0.759. The predicted octanol–water partition coefficient (Wildman–Crippen LogP) is 1.14. The number of carbonyl (C=O) groups excluding carboxylic acids is 3. The Morgan fingerprint density at radius 2 is 1.50 bits per heavy atom. The molecule has 0 fully saturated rings. The summed E-state index contributed by atoms with van der Waals surface area (Å²) in [5.74, 6) is -5.90. The molecule has 0 bridgehead atoms. The summed E-state index contributed by atoms with van der Waals surface area (Å²) < 4.78 is 26.6. The normalized spacial score (nSPS) is 10.8. The van der Waals surface area contributed by atoms with Gasteiger partial charge >= 0.3 is 11.8 Å². The lowest BCUT2D eigenvalue weighted by Crippen LogP contribution is -2.49. The Bertz CT molecular complexity index is 545. The van der Waals surface area contributed by atoms with Crippen LogP contribution in [0.25, 0.3) is 0 Å². The molecular weight excluding hydrogens is 270 g/mol. The molecule has 0 saturated carbocycles. The van der Waals surface area contributed by atoms with E-state index in [1.54, 1.807) is 26.1 Å². The summed E-state index contributed by atoms with van der Waals surface area (Å²) in [4.78, 5) is 34.4. The van der Waals surface area contributed by atoms with Crippen molar-refractivity contribution in [1.82, 2.24) is 10.6 Å². The smallest absolute Gasteiger partial charge is 0.316 e. The first-order valence-electron chi connectivity index (χ1n) is 5.73. The Kier molecular flexibility index (Phi) is 4.54. The molecule has 0 aromatic heterocycles. The summed E-state index contributed by atoms with van der Waals surface area (Å²) in [7, 11) is 0. The van der Waals surface area contributed by atoms with Crippen molar-refractivity contribution in [1.29, 1.82) is 0 Å². The summed E-state index contributed by atoms with van der Waals surface area (Å²) in [5.41, 5.74) is -1.59. The summed E-state index contributed by atoms with van der Waals surface area (Å²) in [6.45, 7) is 4.91. The fraction of sp³-hybridized carbons (Fsp3) is 0.308. The van der Waals surface area contributed by atoms with Crippen molar-refractivity contribution in [2.75, 3.05) is 0 Å². The lowest BCUT2D eigenvalue weighted by atomic mass is 10.1. The number of carbonyl (C=O) groups is 3. The largest absolute Gasteiger partial charge is 0.343 e. The molecule has 2 N–H and O–H groups in total. The molecule has 3 amide bonds. The van der Waals surface area contributed by atoms with Crippen LogP contribution < -0.4 is 10.6 Å². The van der Waals surface area contributed by atoms with Crippen LogP contribution in [0.1, 0.15) is 31.1 Å². The summed E-state index contributed by atoms with van der Waals surface area (Å²) in [5, 5.41) is 3.94. The monoisotopic (exact) mass is 284 g/mol. The third-order valence-electron chi connectivity index (χ3n) is 2.11. The second-order valence-corrected chi connectivity index (χ2v) is 5.08. The van der Waals surface area contributed by atoms with Gasteiger partial charge in [-0.15, -0.1) is 0 Å². The maximum absolute atomic E-state index is 13.3. The van der Waals surface area contributed by atoms with E-state index >= 15 is 0 Å². The molecule has 0 heterocycles. The molecule has 108 valence electrons. The molecule has 0 radical (unpaired) electrons. The van der Waals surface area contributed by atoms with E-state index in [-0.39, 0.29) is 0 Å². The van der Waals surface area contributed by atoms with Gasteiger partial charge in [-0.3, -0.25) is 19.7 Å². The molecule has 20 heavy (non-hydrogen) atoms. The molecule has 1 aromatic carbocycles. The van der Waals surface area contributed by atoms with E-state index in [4.69, 9.17) is 0 Å². The van der Waals surface area contributed by atoms with Crippen molar-refractivity contribution in [3.63, 3.8) is 0 Å². The van der Waals surface area contributed by atoms with Gasteiger partial charge < -0.3 is 5.32 Å². The molecule has 0 unspecified atom stereocenters. The first-order valence-corrected chi connectivity index (χ1v) is 5.73.